The fourth-order valence-corrected chi connectivity index (χ4v) is 3.39. The Balaban J connectivity index is 2.03. The molecule has 0 aromatic rings. The summed E-state index contributed by atoms with van der Waals surface area (Å²) in [6.07, 6.45) is 5.86. The Labute approximate surface area is 90.3 Å². The average molecular weight is 209 g/mol. The monoisotopic (exact) mass is 209 g/mol. The molecule has 2 aliphatic carbocycles. The Morgan fingerprint density at radius 2 is 2.27 bits per heavy atom. The lowest BCUT2D eigenvalue weighted by atomic mass is 9.69. The molecule has 0 aromatic carbocycles. The number of urea groups is 1. The molecule has 2 aliphatic rings. The number of hydrazone groups is 1. The lowest BCUT2D eigenvalue weighted by molar-refractivity contribution is 0.175. The predicted molar refractivity (Wildman–Crippen MR) is 59.3 cm³/mol. The van der Waals surface area contributed by atoms with Crippen molar-refractivity contribution in [3.8, 4) is 0 Å². The second-order valence-corrected chi connectivity index (χ2v) is 5.37. The zero-order valence-corrected chi connectivity index (χ0v) is 9.36. The highest BCUT2D eigenvalue weighted by Gasteiger charge is 2.51. The summed E-state index contributed by atoms with van der Waals surface area (Å²) in [7, 11) is 0. The zero-order chi connectivity index (χ0) is 11.1. The average Bonchev–Trinajstić information content (AvgIpc) is 2.66. The van der Waals surface area contributed by atoms with Gasteiger partial charge in [-0.1, -0.05) is 13.8 Å². The minimum atomic E-state index is -0.591. The smallest absolute Gasteiger partial charge is 0.332 e. The summed E-state index contributed by atoms with van der Waals surface area (Å²) in [5.74, 6) is 2.07. The molecule has 15 heavy (non-hydrogen) atoms. The van der Waals surface area contributed by atoms with Crippen molar-refractivity contribution in [3.63, 3.8) is 0 Å². The number of carbonyl (C=O) groups is 1. The highest BCUT2D eigenvalue weighted by Crippen LogP contribution is 2.58. The zero-order valence-electron chi connectivity index (χ0n) is 9.36. The molecule has 3 atom stereocenters. The summed E-state index contributed by atoms with van der Waals surface area (Å²) >= 11 is 0. The van der Waals surface area contributed by atoms with Crippen LogP contribution in [0.2, 0.25) is 0 Å². The molecule has 0 aliphatic heterocycles. The third kappa shape index (κ3) is 1.73. The van der Waals surface area contributed by atoms with E-state index in [4.69, 9.17) is 5.73 Å². The number of carbonyl (C=O) groups excluding carboxylic acids is 1. The first-order valence-electron chi connectivity index (χ1n) is 5.60. The van der Waals surface area contributed by atoms with E-state index in [1.807, 2.05) is 6.21 Å². The summed E-state index contributed by atoms with van der Waals surface area (Å²) < 4.78 is 0. The molecule has 2 saturated carbocycles. The first-order chi connectivity index (χ1) is 7.01. The third-order valence-electron chi connectivity index (χ3n) is 4.30. The largest absolute Gasteiger partial charge is 0.350 e. The standard InChI is InChI=1S/C11H19N3O/c1-11(2)8-4-3-7(5-8)9(11)6-13-14-10(12)15/h6-9H,3-5H2,1-2H3,(H3,12,14,15)/b13-6+. The quantitative estimate of drug-likeness (QED) is 0.527. The highest BCUT2D eigenvalue weighted by atomic mass is 16.2. The minimum absolute atomic E-state index is 0.325. The second kappa shape index (κ2) is 3.51. The van der Waals surface area contributed by atoms with Crippen molar-refractivity contribution in [2.45, 2.75) is 33.1 Å². The molecule has 3 unspecified atom stereocenters. The Kier molecular flexibility index (Phi) is 2.44. The third-order valence-corrected chi connectivity index (χ3v) is 4.30. The van der Waals surface area contributed by atoms with Crippen molar-refractivity contribution < 1.29 is 4.79 Å². The molecule has 0 radical (unpaired) electrons. The van der Waals surface area contributed by atoms with Crippen LogP contribution < -0.4 is 11.2 Å². The molecule has 84 valence electrons. The maximum absolute atomic E-state index is 10.5. The lowest BCUT2D eigenvalue weighted by Gasteiger charge is -2.35. The van der Waals surface area contributed by atoms with Crippen LogP contribution in [0.15, 0.2) is 5.10 Å². The molecule has 0 aromatic heterocycles. The topological polar surface area (TPSA) is 67.5 Å². The SMILES string of the molecule is CC1(C)C2CCC(C2)C1/C=N/NC(N)=O. The van der Waals surface area contributed by atoms with E-state index < -0.39 is 6.03 Å². The number of hydrogen-bond donors (Lipinski definition) is 2. The van der Waals surface area contributed by atoms with Gasteiger partial charge in [-0.3, -0.25) is 0 Å². The van der Waals surface area contributed by atoms with Crippen LogP contribution in [0.3, 0.4) is 0 Å². The Hall–Kier alpha value is -1.06. The van der Waals surface area contributed by atoms with E-state index in [9.17, 15) is 4.79 Å². The van der Waals surface area contributed by atoms with Crippen LogP contribution in [0.5, 0.6) is 0 Å². The Bertz CT molecular complexity index is 298. The van der Waals surface area contributed by atoms with Crippen LogP contribution in [-0.2, 0) is 0 Å². The second-order valence-electron chi connectivity index (χ2n) is 5.37. The van der Waals surface area contributed by atoms with Crippen molar-refractivity contribution in [2.24, 2.45) is 34.0 Å². The molecule has 2 rings (SSSR count). The number of hydrogen-bond acceptors (Lipinski definition) is 2. The molecule has 4 heteroatoms. The van der Waals surface area contributed by atoms with Gasteiger partial charge in [0.1, 0.15) is 0 Å². The number of fused-ring (bicyclic) bond motifs is 2. The van der Waals surface area contributed by atoms with Gasteiger partial charge in [0.25, 0.3) is 0 Å². The normalized spacial score (nSPS) is 37.3. The summed E-state index contributed by atoms with van der Waals surface area (Å²) in [4.78, 5) is 10.5. The minimum Gasteiger partial charge on any atom is -0.350 e. The Morgan fingerprint density at radius 3 is 2.80 bits per heavy atom. The molecule has 2 amide bonds. The maximum Gasteiger partial charge on any atom is 0.332 e. The van der Waals surface area contributed by atoms with Gasteiger partial charge in [-0.25, -0.2) is 10.2 Å². The molecule has 3 N–H and O–H groups in total. The van der Waals surface area contributed by atoms with E-state index in [0.717, 1.165) is 11.8 Å². The van der Waals surface area contributed by atoms with E-state index in [2.05, 4.69) is 24.4 Å². The van der Waals surface area contributed by atoms with Crippen LogP contribution in [0.4, 0.5) is 4.79 Å². The number of nitrogens with zero attached hydrogens (tertiary/aromatic N) is 1. The van der Waals surface area contributed by atoms with Gasteiger partial charge >= 0.3 is 6.03 Å². The van der Waals surface area contributed by atoms with Gasteiger partial charge < -0.3 is 5.73 Å². The van der Waals surface area contributed by atoms with Gasteiger partial charge in [0.15, 0.2) is 0 Å². The van der Waals surface area contributed by atoms with Crippen molar-refractivity contribution >= 4 is 12.2 Å². The van der Waals surface area contributed by atoms with Gasteiger partial charge in [-0.2, -0.15) is 5.10 Å². The van der Waals surface area contributed by atoms with Crippen molar-refractivity contribution in [3.05, 3.63) is 0 Å². The van der Waals surface area contributed by atoms with E-state index >= 15 is 0 Å². The predicted octanol–water partition coefficient (Wildman–Crippen LogP) is 1.71. The van der Waals surface area contributed by atoms with Crippen LogP contribution in [0, 0.1) is 23.2 Å². The van der Waals surface area contributed by atoms with E-state index in [1.54, 1.807) is 0 Å². The number of nitrogens with two attached hydrogens (primary N) is 1. The summed E-state index contributed by atoms with van der Waals surface area (Å²) in [5.41, 5.74) is 7.56. The molecule has 0 heterocycles. The van der Waals surface area contributed by atoms with Gasteiger partial charge in [-0.05, 0) is 36.5 Å². The summed E-state index contributed by atoms with van der Waals surface area (Å²) in [6, 6.07) is -0.591. The van der Waals surface area contributed by atoms with Crippen LogP contribution >= 0.6 is 0 Å². The van der Waals surface area contributed by atoms with E-state index in [-0.39, 0.29) is 0 Å². The summed E-state index contributed by atoms with van der Waals surface area (Å²) in [6.45, 7) is 4.61. The van der Waals surface area contributed by atoms with Crippen molar-refractivity contribution in [1.82, 2.24) is 5.43 Å². The number of nitrogens with one attached hydrogen (secondary N) is 1. The molecular weight excluding hydrogens is 190 g/mol. The summed E-state index contributed by atoms with van der Waals surface area (Å²) in [5, 5.41) is 3.92. The van der Waals surface area contributed by atoms with E-state index in [1.165, 1.54) is 19.3 Å². The van der Waals surface area contributed by atoms with E-state index in [0.29, 0.717) is 11.3 Å². The fourth-order valence-electron chi connectivity index (χ4n) is 3.39. The first-order valence-corrected chi connectivity index (χ1v) is 5.60. The van der Waals surface area contributed by atoms with Crippen LogP contribution in [-0.4, -0.2) is 12.2 Å². The Morgan fingerprint density at radius 1 is 1.53 bits per heavy atom. The van der Waals surface area contributed by atoms with Gasteiger partial charge in [0.05, 0.1) is 0 Å². The van der Waals surface area contributed by atoms with Gasteiger partial charge in [0, 0.05) is 12.1 Å². The number of rotatable bonds is 2. The lowest BCUT2D eigenvalue weighted by Crippen LogP contribution is -2.33. The first kappa shape index (κ1) is 10.5. The van der Waals surface area contributed by atoms with Gasteiger partial charge in [-0.15, -0.1) is 0 Å². The number of amides is 2. The molecule has 2 fully saturated rings. The van der Waals surface area contributed by atoms with Crippen molar-refractivity contribution in [1.29, 1.82) is 0 Å². The molecule has 2 bridgehead atoms. The fraction of sp³-hybridized carbons (Fsp3) is 0.818. The molecular formula is C11H19N3O. The highest BCUT2D eigenvalue weighted by molar-refractivity contribution is 5.73. The maximum atomic E-state index is 10.5. The number of primary amides is 1. The molecule has 0 saturated heterocycles. The molecule has 4 nitrogen and oxygen atoms in total. The van der Waals surface area contributed by atoms with Crippen molar-refractivity contribution in [2.75, 3.05) is 0 Å². The van der Waals surface area contributed by atoms with Gasteiger partial charge in [0.2, 0.25) is 0 Å². The van der Waals surface area contributed by atoms with Crippen LogP contribution in [0.25, 0.3) is 0 Å². The molecule has 0 spiro atoms. The van der Waals surface area contributed by atoms with Crippen LogP contribution in [0.1, 0.15) is 33.1 Å².